The Kier molecular flexibility index (Phi) is 2.96. The second kappa shape index (κ2) is 4.40. The van der Waals surface area contributed by atoms with Crippen LogP contribution in [0.4, 0.5) is 5.69 Å². The first-order valence-corrected chi connectivity index (χ1v) is 5.04. The van der Waals surface area contributed by atoms with Crippen molar-refractivity contribution in [2.24, 2.45) is 0 Å². The maximum Gasteiger partial charge on any atom is 0.269 e. The Bertz CT molecular complexity index is 412. The topological polar surface area (TPSA) is 69.4 Å². The molecule has 1 fully saturated rings. The number of nitro groups is 1. The van der Waals surface area contributed by atoms with E-state index in [1.807, 2.05) is 0 Å². The Morgan fingerprint density at radius 3 is 2.56 bits per heavy atom. The number of non-ortho nitro benzene ring substituents is 1. The molecular weight excluding hydrogens is 210 g/mol. The minimum Gasteiger partial charge on any atom is -0.373 e. The van der Waals surface area contributed by atoms with Crippen molar-refractivity contribution in [2.75, 3.05) is 6.61 Å². The molecule has 5 nitrogen and oxygen atoms in total. The lowest BCUT2D eigenvalue weighted by molar-refractivity contribution is -0.384. The fourth-order valence-electron chi connectivity index (χ4n) is 1.71. The summed E-state index contributed by atoms with van der Waals surface area (Å²) in [7, 11) is 0. The monoisotopic (exact) mass is 221 g/mol. The van der Waals surface area contributed by atoms with Crippen molar-refractivity contribution in [3.05, 3.63) is 39.9 Å². The lowest BCUT2D eigenvalue weighted by atomic mass is 10.0. The fraction of sp³-hybridized carbons (Fsp3) is 0.364. The van der Waals surface area contributed by atoms with Gasteiger partial charge in [0.1, 0.15) is 5.78 Å². The van der Waals surface area contributed by atoms with Crippen molar-refractivity contribution in [3.8, 4) is 0 Å². The number of ether oxygens (including phenoxy) is 1. The highest BCUT2D eigenvalue weighted by Crippen LogP contribution is 2.27. The van der Waals surface area contributed by atoms with E-state index in [4.69, 9.17) is 4.74 Å². The first-order valence-electron chi connectivity index (χ1n) is 5.04. The molecule has 2 rings (SSSR count). The molecule has 1 atom stereocenters. The number of rotatable bonds is 2. The van der Waals surface area contributed by atoms with E-state index >= 15 is 0 Å². The average Bonchev–Trinajstić information content (AvgIpc) is 2.29. The predicted octanol–water partition coefficient (Wildman–Crippen LogP) is 2.02. The highest BCUT2D eigenvalue weighted by Gasteiger charge is 2.21. The summed E-state index contributed by atoms with van der Waals surface area (Å²) in [6.45, 7) is 0.431. The third-order valence-corrected chi connectivity index (χ3v) is 2.59. The van der Waals surface area contributed by atoms with Gasteiger partial charge in [-0.2, -0.15) is 0 Å². The molecule has 0 saturated carbocycles. The number of carbonyl (C=O) groups is 1. The second-order valence-corrected chi connectivity index (χ2v) is 3.70. The van der Waals surface area contributed by atoms with Gasteiger partial charge in [-0.15, -0.1) is 0 Å². The normalized spacial score (nSPS) is 20.8. The van der Waals surface area contributed by atoms with E-state index in [1.165, 1.54) is 12.1 Å². The molecule has 1 aliphatic rings. The number of carbonyl (C=O) groups excluding carboxylic acids is 1. The standard InChI is InChI=1S/C11H11NO4/c13-10-5-6-16-11(7-10)8-1-3-9(4-2-8)12(14)15/h1-4,11H,5-7H2. The van der Waals surface area contributed by atoms with E-state index in [2.05, 4.69) is 0 Å². The Hall–Kier alpha value is -1.75. The maximum absolute atomic E-state index is 11.2. The summed E-state index contributed by atoms with van der Waals surface area (Å²) >= 11 is 0. The third kappa shape index (κ3) is 2.25. The lowest BCUT2D eigenvalue weighted by Crippen LogP contribution is -2.19. The Labute approximate surface area is 92.2 Å². The van der Waals surface area contributed by atoms with Gasteiger partial charge in [0, 0.05) is 25.0 Å². The molecule has 1 unspecified atom stereocenters. The molecule has 0 N–H and O–H groups in total. The van der Waals surface area contributed by atoms with Crippen LogP contribution in [0.25, 0.3) is 0 Å². The number of hydrogen-bond acceptors (Lipinski definition) is 4. The molecule has 0 amide bonds. The van der Waals surface area contributed by atoms with E-state index < -0.39 is 4.92 Å². The second-order valence-electron chi connectivity index (χ2n) is 3.70. The van der Waals surface area contributed by atoms with Gasteiger partial charge in [0.2, 0.25) is 0 Å². The minimum atomic E-state index is -0.448. The molecule has 1 aromatic rings. The Balaban J connectivity index is 2.14. The zero-order chi connectivity index (χ0) is 11.5. The molecule has 0 radical (unpaired) electrons. The SMILES string of the molecule is O=C1CCOC(c2ccc([N+](=O)[O-])cc2)C1. The number of ketones is 1. The number of benzene rings is 1. The Morgan fingerprint density at radius 1 is 1.31 bits per heavy atom. The molecule has 0 bridgehead atoms. The highest BCUT2D eigenvalue weighted by molar-refractivity contribution is 5.79. The van der Waals surface area contributed by atoms with Crippen LogP contribution in [0.1, 0.15) is 24.5 Å². The fourth-order valence-corrected chi connectivity index (χ4v) is 1.71. The summed E-state index contributed by atoms with van der Waals surface area (Å²) in [5.74, 6) is 0.176. The van der Waals surface area contributed by atoms with E-state index in [-0.39, 0.29) is 17.6 Å². The molecule has 1 aromatic carbocycles. The van der Waals surface area contributed by atoms with Gasteiger partial charge in [-0.05, 0) is 17.7 Å². The van der Waals surface area contributed by atoms with Gasteiger partial charge in [0.05, 0.1) is 17.6 Å². The van der Waals surface area contributed by atoms with Crippen LogP contribution < -0.4 is 0 Å². The quantitative estimate of drug-likeness (QED) is 0.565. The van der Waals surface area contributed by atoms with Gasteiger partial charge in [-0.25, -0.2) is 0 Å². The van der Waals surface area contributed by atoms with Crippen molar-refractivity contribution >= 4 is 11.5 Å². The van der Waals surface area contributed by atoms with Crippen molar-refractivity contribution in [3.63, 3.8) is 0 Å². The van der Waals surface area contributed by atoms with Crippen molar-refractivity contribution in [1.82, 2.24) is 0 Å². The van der Waals surface area contributed by atoms with Crippen molar-refractivity contribution < 1.29 is 14.5 Å². The Morgan fingerprint density at radius 2 is 2.00 bits per heavy atom. The summed E-state index contributed by atoms with van der Waals surface area (Å²) in [5.41, 5.74) is 0.865. The zero-order valence-electron chi connectivity index (χ0n) is 8.59. The van der Waals surface area contributed by atoms with Crippen LogP contribution in [0.3, 0.4) is 0 Å². The van der Waals surface area contributed by atoms with Crippen LogP contribution in [0.15, 0.2) is 24.3 Å². The third-order valence-electron chi connectivity index (χ3n) is 2.59. The molecule has 5 heteroatoms. The summed E-state index contributed by atoms with van der Waals surface area (Å²) in [5, 5.41) is 10.5. The molecule has 1 aliphatic heterocycles. The van der Waals surface area contributed by atoms with Crippen LogP contribution in [0, 0.1) is 10.1 Å². The van der Waals surface area contributed by atoms with Gasteiger partial charge in [-0.3, -0.25) is 14.9 Å². The minimum absolute atomic E-state index is 0.0471. The molecule has 0 spiro atoms. The number of Topliss-reactive ketones (excluding diaryl/α,β-unsaturated/α-hetero) is 1. The summed E-state index contributed by atoms with van der Waals surface area (Å²) in [6, 6.07) is 6.14. The highest BCUT2D eigenvalue weighted by atomic mass is 16.6. The summed E-state index contributed by atoms with van der Waals surface area (Å²) in [6.07, 6.45) is 0.573. The van der Waals surface area contributed by atoms with Crippen LogP contribution in [-0.4, -0.2) is 17.3 Å². The number of nitro benzene ring substituents is 1. The average molecular weight is 221 g/mol. The van der Waals surface area contributed by atoms with Crippen LogP contribution in [-0.2, 0) is 9.53 Å². The van der Waals surface area contributed by atoms with Gasteiger partial charge >= 0.3 is 0 Å². The van der Waals surface area contributed by atoms with E-state index in [0.29, 0.717) is 19.4 Å². The molecule has 84 valence electrons. The molecule has 16 heavy (non-hydrogen) atoms. The van der Waals surface area contributed by atoms with Gasteiger partial charge in [-0.1, -0.05) is 0 Å². The lowest BCUT2D eigenvalue weighted by Gasteiger charge is -2.21. The number of nitrogens with zero attached hydrogens (tertiary/aromatic N) is 1. The molecule has 1 heterocycles. The van der Waals surface area contributed by atoms with Crippen LogP contribution >= 0.6 is 0 Å². The zero-order valence-corrected chi connectivity index (χ0v) is 8.59. The predicted molar refractivity (Wildman–Crippen MR) is 56.0 cm³/mol. The number of hydrogen-bond donors (Lipinski definition) is 0. The maximum atomic E-state index is 11.2. The summed E-state index contributed by atoms with van der Waals surface area (Å²) in [4.78, 5) is 21.2. The van der Waals surface area contributed by atoms with Gasteiger partial charge in [0.25, 0.3) is 5.69 Å². The van der Waals surface area contributed by atoms with Gasteiger partial charge in [0.15, 0.2) is 0 Å². The van der Waals surface area contributed by atoms with Crippen molar-refractivity contribution in [1.29, 1.82) is 0 Å². The van der Waals surface area contributed by atoms with Crippen LogP contribution in [0.5, 0.6) is 0 Å². The van der Waals surface area contributed by atoms with Crippen molar-refractivity contribution in [2.45, 2.75) is 18.9 Å². The van der Waals surface area contributed by atoms with E-state index in [9.17, 15) is 14.9 Å². The molecule has 0 aliphatic carbocycles. The first-order chi connectivity index (χ1) is 7.66. The largest absolute Gasteiger partial charge is 0.373 e. The molecule has 0 aromatic heterocycles. The van der Waals surface area contributed by atoms with E-state index in [0.717, 1.165) is 5.56 Å². The molecule has 1 saturated heterocycles. The molecular formula is C11H11NO4. The smallest absolute Gasteiger partial charge is 0.269 e. The van der Waals surface area contributed by atoms with Gasteiger partial charge < -0.3 is 4.74 Å². The van der Waals surface area contributed by atoms with E-state index in [1.54, 1.807) is 12.1 Å². The van der Waals surface area contributed by atoms with Crippen LogP contribution in [0.2, 0.25) is 0 Å². The summed E-state index contributed by atoms with van der Waals surface area (Å²) < 4.78 is 5.44. The first kappa shape index (κ1) is 10.8.